The molecule has 0 saturated heterocycles. The summed E-state index contributed by atoms with van der Waals surface area (Å²) in [6.07, 6.45) is 2.86. The maximum absolute atomic E-state index is 11.4. The van der Waals surface area contributed by atoms with Gasteiger partial charge >= 0.3 is 0 Å². The number of halogens is 1. The van der Waals surface area contributed by atoms with Crippen molar-refractivity contribution in [3.63, 3.8) is 0 Å². The molecule has 0 radical (unpaired) electrons. The van der Waals surface area contributed by atoms with Gasteiger partial charge in [-0.3, -0.25) is 4.79 Å². The highest BCUT2D eigenvalue weighted by atomic mass is 79.9. The summed E-state index contributed by atoms with van der Waals surface area (Å²) in [5.74, 6) is 0. The molecule has 19 heavy (non-hydrogen) atoms. The van der Waals surface area contributed by atoms with E-state index >= 15 is 0 Å². The number of aldehydes is 1. The molecule has 2 nitrogen and oxygen atoms in total. The van der Waals surface area contributed by atoms with Crippen LogP contribution in [0.4, 0.5) is 0 Å². The number of hydrogen-bond donors (Lipinski definition) is 0. The van der Waals surface area contributed by atoms with Crippen molar-refractivity contribution in [2.24, 2.45) is 0 Å². The van der Waals surface area contributed by atoms with Crippen molar-refractivity contribution < 1.29 is 4.79 Å². The van der Waals surface area contributed by atoms with Crippen LogP contribution in [0.1, 0.15) is 16.1 Å². The molecule has 3 rings (SSSR count). The molecule has 0 unspecified atom stereocenters. The van der Waals surface area contributed by atoms with Crippen LogP contribution in [0.15, 0.2) is 53.1 Å². The molecule has 0 aliphatic carbocycles. The summed E-state index contributed by atoms with van der Waals surface area (Å²) in [6.45, 7) is 2.05. The molecule has 0 amide bonds. The summed E-state index contributed by atoms with van der Waals surface area (Å²) in [5, 5.41) is 0. The fraction of sp³-hybridized carbons (Fsp3) is 0.0625. The molecule has 0 saturated carbocycles. The second-order valence-electron chi connectivity index (χ2n) is 4.57. The van der Waals surface area contributed by atoms with E-state index in [1.807, 2.05) is 47.9 Å². The van der Waals surface area contributed by atoms with Gasteiger partial charge in [0.1, 0.15) is 0 Å². The SMILES string of the molecule is Cc1ccn2c(C=O)c(-c3ccc(Br)cc3)cc2c1. The maximum atomic E-state index is 11.4. The van der Waals surface area contributed by atoms with Gasteiger partial charge in [-0.15, -0.1) is 0 Å². The van der Waals surface area contributed by atoms with Gasteiger partial charge in [0.15, 0.2) is 6.29 Å². The van der Waals surface area contributed by atoms with Gasteiger partial charge in [0.25, 0.3) is 0 Å². The van der Waals surface area contributed by atoms with E-state index < -0.39 is 0 Å². The molecule has 3 aromatic rings. The Labute approximate surface area is 119 Å². The second-order valence-corrected chi connectivity index (χ2v) is 5.48. The molecular weight excluding hydrogens is 302 g/mol. The topological polar surface area (TPSA) is 21.5 Å². The highest BCUT2D eigenvalue weighted by Gasteiger charge is 2.11. The van der Waals surface area contributed by atoms with E-state index in [4.69, 9.17) is 0 Å². The Balaban J connectivity index is 2.28. The Bertz CT molecular complexity index is 756. The van der Waals surface area contributed by atoms with Crippen LogP contribution in [-0.2, 0) is 0 Å². The molecule has 94 valence electrons. The van der Waals surface area contributed by atoms with Crippen LogP contribution in [0.2, 0.25) is 0 Å². The first kappa shape index (κ1) is 12.2. The number of carbonyl (C=O) groups is 1. The van der Waals surface area contributed by atoms with Gasteiger partial charge in [-0.25, -0.2) is 0 Å². The standard InChI is InChI=1S/C16H12BrNO/c1-11-6-7-18-14(8-11)9-15(16(18)10-19)12-2-4-13(17)5-3-12/h2-10H,1H3. The molecule has 0 aliphatic rings. The molecule has 0 spiro atoms. The van der Waals surface area contributed by atoms with E-state index in [9.17, 15) is 4.79 Å². The number of rotatable bonds is 2. The lowest BCUT2D eigenvalue weighted by Crippen LogP contribution is -1.92. The number of aromatic nitrogens is 1. The number of pyridine rings is 1. The van der Waals surface area contributed by atoms with Gasteiger partial charge in [0, 0.05) is 21.7 Å². The van der Waals surface area contributed by atoms with Gasteiger partial charge in [-0.2, -0.15) is 0 Å². The van der Waals surface area contributed by atoms with Gasteiger partial charge in [-0.1, -0.05) is 28.1 Å². The third-order valence-electron chi connectivity index (χ3n) is 3.23. The molecule has 0 atom stereocenters. The summed E-state index contributed by atoms with van der Waals surface area (Å²) in [7, 11) is 0. The summed E-state index contributed by atoms with van der Waals surface area (Å²) in [6, 6.07) is 14.1. The van der Waals surface area contributed by atoms with Crippen molar-refractivity contribution in [3.8, 4) is 11.1 Å². The zero-order valence-electron chi connectivity index (χ0n) is 10.4. The minimum Gasteiger partial charge on any atom is -0.314 e. The van der Waals surface area contributed by atoms with Crippen molar-refractivity contribution in [3.05, 3.63) is 64.4 Å². The maximum Gasteiger partial charge on any atom is 0.167 e. The van der Waals surface area contributed by atoms with Crippen LogP contribution in [0, 0.1) is 6.92 Å². The van der Waals surface area contributed by atoms with E-state index in [1.54, 1.807) is 0 Å². The van der Waals surface area contributed by atoms with Crippen LogP contribution >= 0.6 is 15.9 Å². The zero-order valence-corrected chi connectivity index (χ0v) is 12.0. The first-order valence-electron chi connectivity index (χ1n) is 6.02. The number of fused-ring (bicyclic) bond motifs is 1. The largest absolute Gasteiger partial charge is 0.314 e. The molecule has 0 bridgehead atoms. The van der Waals surface area contributed by atoms with Gasteiger partial charge in [0.05, 0.1) is 5.69 Å². The van der Waals surface area contributed by atoms with E-state index in [0.717, 1.165) is 27.4 Å². The average Bonchev–Trinajstić information content (AvgIpc) is 2.77. The quantitative estimate of drug-likeness (QED) is 0.639. The first-order chi connectivity index (χ1) is 9.19. The lowest BCUT2D eigenvalue weighted by molar-refractivity contribution is 0.111. The predicted octanol–water partition coefficient (Wildman–Crippen LogP) is 4.49. The monoisotopic (exact) mass is 313 g/mol. The number of nitrogens with zero attached hydrogens (tertiary/aromatic N) is 1. The van der Waals surface area contributed by atoms with Crippen LogP contribution in [0.5, 0.6) is 0 Å². The molecule has 1 aromatic carbocycles. The number of aryl methyl sites for hydroxylation is 1. The molecule has 3 heteroatoms. The highest BCUT2D eigenvalue weighted by Crippen LogP contribution is 2.28. The fourth-order valence-corrected chi connectivity index (χ4v) is 2.56. The predicted molar refractivity (Wildman–Crippen MR) is 80.7 cm³/mol. The molecule has 2 aromatic heterocycles. The molecular formula is C16H12BrNO. The number of carbonyl (C=O) groups excluding carboxylic acids is 1. The highest BCUT2D eigenvalue weighted by molar-refractivity contribution is 9.10. The first-order valence-corrected chi connectivity index (χ1v) is 6.81. The van der Waals surface area contributed by atoms with E-state index in [-0.39, 0.29) is 0 Å². The van der Waals surface area contributed by atoms with Gasteiger partial charge in [0.2, 0.25) is 0 Å². The van der Waals surface area contributed by atoms with Crippen molar-refractivity contribution >= 4 is 27.7 Å². The van der Waals surface area contributed by atoms with Crippen LogP contribution in [-0.4, -0.2) is 10.7 Å². The number of hydrogen-bond acceptors (Lipinski definition) is 1. The summed E-state index contributed by atoms with van der Waals surface area (Å²) >= 11 is 3.42. The Morgan fingerprint density at radius 2 is 1.84 bits per heavy atom. The van der Waals surface area contributed by atoms with Crippen LogP contribution in [0.3, 0.4) is 0 Å². The van der Waals surface area contributed by atoms with E-state index in [0.29, 0.717) is 5.69 Å². The van der Waals surface area contributed by atoms with Crippen LogP contribution in [0.25, 0.3) is 16.6 Å². The lowest BCUT2D eigenvalue weighted by atomic mass is 10.1. The third kappa shape index (κ3) is 2.10. The minimum absolute atomic E-state index is 0.692. The minimum atomic E-state index is 0.692. The Morgan fingerprint density at radius 3 is 2.53 bits per heavy atom. The summed E-state index contributed by atoms with van der Waals surface area (Å²) < 4.78 is 2.96. The van der Waals surface area contributed by atoms with Gasteiger partial charge < -0.3 is 4.40 Å². The molecule has 0 aliphatic heterocycles. The third-order valence-corrected chi connectivity index (χ3v) is 3.76. The van der Waals surface area contributed by atoms with Crippen LogP contribution < -0.4 is 0 Å². The second kappa shape index (κ2) is 4.67. The summed E-state index contributed by atoms with van der Waals surface area (Å²) in [5.41, 5.74) is 4.93. The van der Waals surface area contributed by atoms with E-state index in [1.165, 1.54) is 5.56 Å². The molecule has 0 N–H and O–H groups in total. The molecule has 0 fully saturated rings. The Morgan fingerprint density at radius 1 is 1.11 bits per heavy atom. The molecule has 2 heterocycles. The summed E-state index contributed by atoms with van der Waals surface area (Å²) in [4.78, 5) is 11.4. The van der Waals surface area contributed by atoms with Crippen molar-refractivity contribution in [1.82, 2.24) is 4.40 Å². The zero-order chi connectivity index (χ0) is 13.4. The Kier molecular flexibility index (Phi) is 2.99. The van der Waals surface area contributed by atoms with Crippen molar-refractivity contribution in [2.75, 3.05) is 0 Å². The Hall–Kier alpha value is -1.87. The van der Waals surface area contributed by atoms with Gasteiger partial charge in [-0.05, 0) is 48.4 Å². The normalized spacial score (nSPS) is 10.8. The number of benzene rings is 1. The smallest absolute Gasteiger partial charge is 0.167 e. The fourth-order valence-electron chi connectivity index (χ4n) is 2.29. The van der Waals surface area contributed by atoms with Crippen molar-refractivity contribution in [1.29, 1.82) is 0 Å². The average molecular weight is 314 g/mol. The van der Waals surface area contributed by atoms with Crippen molar-refractivity contribution in [2.45, 2.75) is 6.92 Å². The van der Waals surface area contributed by atoms with E-state index in [2.05, 4.69) is 28.1 Å². The lowest BCUT2D eigenvalue weighted by Gasteiger charge is -2.01.